The fourth-order valence-electron chi connectivity index (χ4n) is 3.17. The summed E-state index contributed by atoms with van der Waals surface area (Å²) in [5.74, 6) is -1.15. The van der Waals surface area contributed by atoms with E-state index in [-0.39, 0.29) is 22.9 Å². The van der Waals surface area contributed by atoms with E-state index in [9.17, 15) is 14.4 Å². The monoisotopic (exact) mass is 544 g/mol. The molecule has 0 spiro atoms. The number of urea groups is 1. The van der Waals surface area contributed by atoms with Crippen LogP contribution < -0.4 is 15.0 Å². The van der Waals surface area contributed by atoms with Gasteiger partial charge in [0.1, 0.15) is 17.9 Å². The quantitative estimate of drug-likeness (QED) is 0.315. The zero-order chi connectivity index (χ0) is 23.5. The third kappa shape index (κ3) is 5.11. The molecule has 1 N–H and O–H groups in total. The van der Waals surface area contributed by atoms with Crippen molar-refractivity contribution in [3.63, 3.8) is 0 Å². The number of hydrogen-bond donors (Lipinski definition) is 1. The third-order valence-electron chi connectivity index (χ3n) is 4.77. The fraction of sp³-hybridized carbons (Fsp3) is 0.0417. The number of benzene rings is 3. The third-order valence-corrected chi connectivity index (χ3v) is 5.84. The molecule has 0 bridgehead atoms. The van der Waals surface area contributed by atoms with Crippen molar-refractivity contribution in [2.75, 3.05) is 4.90 Å². The molecule has 33 heavy (non-hydrogen) atoms. The molecule has 6 nitrogen and oxygen atoms in total. The smallest absolute Gasteiger partial charge is 0.335 e. The number of ether oxygens (including phenoxy) is 1. The number of carbonyl (C=O) groups is 3. The number of imide groups is 2. The van der Waals surface area contributed by atoms with Gasteiger partial charge in [-0.15, -0.1) is 0 Å². The molecule has 9 heteroatoms. The van der Waals surface area contributed by atoms with Crippen LogP contribution in [0.4, 0.5) is 10.5 Å². The summed E-state index contributed by atoms with van der Waals surface area (Å²) >= 11 is 15.5. The first-order valence-corrected chi connectivity index (χ1v) is 11.2. The molecule has 3 aromatic carbocycles. The first-order valence-electron chi connectivity index (χ1n) is 9.66. The molecule has 0 unspecified atom stereocenters. The molecule has 0 aliphatic carbocycles. The van der Waals surface area contributed by atoms with E-state index in [1.165, 1.54) is 12.1 Å². The van der Waals surface area contributed by atoms with Crippen molar-refractivity contribution >= 4 is 68.7 Å². The number of anilines is 1. The first kappa shape index (κ1) is 23.0. The lowest BCUT2D eigenvalue weighted by atomic mass is 10.1. The molecule has 3 aromatic rings. The van der Waals surface area contributed by atoms with Crippen molar-refractivity contribution in [3.8, 4) is 5.75 Å². The molecule has 0 aromatic heterocycles. The number of barbiturate groups is 1. The molecule has 4 amide bonds. The fourth-order valence-corrected chi connectivity index (χ4v) is 3.90. The predicted molar refractivity (Wildman–Crippen MR) is 130 cm³/mol. The van der Waals surface area contributed by atoms with Gasteiger partial charge in [-0.1, -0.05) is 63.4 Å². The number of hydrogen-bond acceptors (Lipinski definition) is 4. The minimum Gasteiger partial charge on any atom is -0.488 e. The van der Waals surface area contributed by atoms with Crippen molar-refractivity contribution < 1.29 is 19.1 Å². The highest BCUT2D eigenvalue weighted by molar-refractivity contribution is 9.10. The average molecular weight is 546 g/mol. The van der Waals surface area contributed by atoms with Crippen molar-refractivity contribution in [1.29, 1.82) is 0 Å². The number of carbonyl (C=O) groups excluding carboxylic acids is 3. The number of halogens is 3. The molecule has 0 saturated carbocycles. The number of rotatable bonds is 5. The zero-order valence-corrected chi connectivity index (χ0v) is 19.9. The Bertz CT molecular complexity index is 1290. The summed E-state index contributed by atoms with van der Waals surface area (Å²) in [6.45, 7) is 0.249. The topological polar surface area (TPSA) is 75.7 Å². The van der Waals surface area contributed by atoms with Crippen LogP contribution in [0.2, 0.25) is 10.0 Å². The van der Waals surface area contributed by atoms with Gasteiger partial charge in [-0.25, -0.2) is 9.69 Å². The molecule has 1 saturated heterocycles. The van der Waals surface area contributed by atoms with Gasteiger partial charge in [0.2, 0.25) is 0 Å². The molecular weight excluding hydrogens is 531 g/mol. The van der Waals surface area contributed by atoms with E-state index in [1.54, 1.807) is 48.5 Å². The Morgan fingerprint density at radius 2 is 1.70 bits per heavy atom. The number of nitrogens with one attached hydrogen (secondary N) is 1. The van der Waals surface area contributed by atoms with Crippen LogP contribution in [0.15, 0.2) is 76.8 Å². The highest BCUT2D eigenvalue weighted by Crippen LogP contribution is 2.31. The van der Waals surface area contributed by atoms with Crippen LogP contribution in [0.25, 0.3) is 6.08 Å². The maximum absolute atomic E-state index is 13.2. The Balaban J connectivity index is 1.68. The highest BCUT2D eigenvalue weighted by Gasteiger charge is 2.37. The van der Waals surface area contributed by atoms with E-state index >= 15 is 0 Å². The van der Waals surface area contributed by atoms with Gasteiger partial charge in [0, 0.05) is 15.1 Å². The summed E-state index contributed by atoms with van der Waals surface area (Å²) in [6, 6.07) is 17.9. The molecule has 4 rings (SSSR count). The van der Waals surface area contributed by atoms with Crippen LogP contribution in [0.5, 0.6) is 5.75 Å². The Hall–Kier alpha value is -3.13. The van der Waals surface area contributed by atoms with Crippen LogP contribution >= 0.6 is 39.1 Å². The Morgan fingerprint density at radius 1 is 0.970 bits per heavy atom. The van der Waals surface area contributed by atoms with E-state index in [4.69, 9.17) is 27.9 Å². The molecule has 1 fully saturated rings. The second-order valence-electron chi connectivity index (χ2n) is 7.01. The Labute approximate surface area is 207 Å². The van der Waals surface area contributed by atoms with Gasteiger partial charge < -0.3 is 4.74 Å². The SMILES string of the molecule is O=C1NC(=O)N(c2ccccc2Cl)C(=O)/C1=C/c1cc(Br)ccc1OCc1ccc(Cl)cc1. The second-order valence-corrected chi connectivity index (χ2v) is 8.77. The molecule has 1 aliphatic heterocycles. The second kappa shape index (κ2) is 9.79. The van der Waals surface area contributed by atoms with E-state index in [0.29, 0.717) is 16.3 Å². The van der Waals surface area contributed by atoms with Crippen LogP contribution in [-0.2, 0) is 16.2 Å². The number of amides is 4. The van der Waals surface area contributed by atoms with Gasteiger partial charge in [-0.3, -0.25) is 14.9 Å². The van der Waals surface area contributed by atoms with Gasteiger partial charge in [-0.2, -0.15) is 0 Å². The highest BCUT2D eigenvalue weighted by atomic mass is 79.9. The van der Waals surface area contributed by atoms with E-state index in [0.717, 1.165) is 14.9 Å². The minimum absolute atomic E-state index is 0.175. The maximum atomic E-state index is 13.2. The summed E-state index contributed by atoms with van der Waals surface area (Å²) in [5.41, 5.74) is 1.31. The normalized spacial score (nSPS) is 15.1. The number of para-hydroxylation sites is 1. The lowest BCUT2D eigenvalue weighted by Gasteiger charge is -2.27. The lowest BCUT2D eigenvalue weighted by molar-refractivity contribution is -0.122. The van der Waals surface area contributed by atoms with Crippen molar-refractivity contribution in [2.45, 2.75) is 6.61 Å². The van der Waals surface area contributed by atoms with Crippen molar-refractivity contribution in [2.24, 2.45) is 0 Å². The molecule has 166 valence electrons. The van der Waals surface area contributed by atoms with Crippen molar-refractivity contribution in [3.05, 3.63) is 97.9 Å². The van der Waals surface area contributed by atoms with Gasteiger partial charge in [0.05, 0.1) is 10.7 Å². The van der Waals surface area contributed by atoms with E-state index < -0.39 is 17.8 Å². The largest absolute Gasteiger partial charge is 0.488 e. The van der Waals surface area contributed by atoms with Gasteiger partial charge in [0.15, 0.2) is 0 Å². The van der Waals surface area contributed by atoms with Gasteiger partial charge in [0.25, 0.3) is 11.8 Å². The molecule has 0 radical (unpaired) electrons. The first-order chi connectivity index (χ1) is 15.8. The Kier molecular flexibility index (Phi) is 6.83. The molecular formula is C24H15BrCl2N2O4. The van der Waals surface area contributed by atoms with Crippen molar-refractivity contribution in [1.82, 2.24) is 5.32 Å². The zero-order valence-electron chi connectivity index (χ0n) is 16.8. The summed E-state index contributed by atoms with van der Waals surface area (Å²) in [7, 11) is 0. The van der Waals surface area contributed by atoms with E-state index in [2.05, 4.69) is 21.2 Å². The van der Waals surface area contributed by atoms with Crippen LogP contribution in [0.3, 0.4) is 0 Å². The Morgan fingerprint density at radius 3 is 2.42 bits per heavy atom. The van der Waals surface area contributed by atoms with Gasteiger partial charge in [-0.05, 0) is 54.1 Å². The predicted octanol–water partition coefficient (Wildman–Crippen LogP) is 6.00. The van der Waals surface area contributed by atoms with Crippen LogP contribution in [0, 0.1) is 0 Å². The summed E-state index contributed by atoms with van der Waals surface area (Å²) in [5, 5.41) is 3.00. The standard InChI is InChI=1S/C24H15BrCl2N2O4/c25-16-7-10-21(33-13-14-5-8-17(26)9-6-14)15(11-16)12-18-22(30)28-24(32)29(23(18)31)20-4-2-1-3-19(20)27/h1-12H,13H2,(H,28,30,32)/b18-12+. The van der Waals surface area contributed by atoms with Crippen LogP contribution in [-0.4, -0.2) is 17.8 Å². The maximum Gasteiger partial charge on any atom is 0.335 e. The van der Waals surface area contributed by atoms with Crippen LogP contribution in [0.1, 0.15) is 11.1 Å². The molecule has 1 aliphatic rings. The summed E-state index contributed by atoms with van der Waals surface area (Å²) in [6.07, 6.45) is 1.38. The van der Waals surface area contributed by atoms with Gasteiger partial charge >= 0.3 is 6.03 Å². The molecule has 1 heterocycles. The molecule has 0 atom stereocenters. The summed E-state index contributed by atoms with van der Waals surface area (Å²) in [4.78, 5) is 39.0. The lowest BCUT2D eigenvalue weighted by Crippen LogP contribution is -2.54. The minimum atomic E-state index is -0.872. The number of nitrogens with zero attached hydrogens (tertiary/aromatic N) is 1. The summed E-state index contributed by atoms with van der Waals surface area (Å²) < 4.78 is 6.65. The average Bonchev–Trinajstić information content (AvgIpc) is 2.78. The van der Waals surface area contributed by atoms with E-state index in [1.807, 2.05) is 12.1 Å².